The average Bonchev–Trinajstić information content (AvgIpc) is 2.93. The summed E-state index contributed by atoms with van der Waals surface area (Å²) in [5.74, 6) is -0.352. The van der Waals surface area contributed by atoms with Crippen LogP contribution in [0.25, 0.3) is 0 Å². The molecule has 0 aromatic heterocycles. The third-order valence-electron chi connectivity index (χ3n) is 4.93. The molecule has 0 bridgehead atoms. The number of halogens is 1. The van der Waals surface area contributed by atoms with Gasteiger partial charge in [-0.15, -0.1) is 0 Å². The lowest BCUT2D eigenvalue weighted by Gasteiger charge is -2.45. The highest BCUT2D eigenvalue weighted by Gasteiger charge is 2.60. The van der Waals surface area contributed by atoms with Gasteiger partial charge >= 0.3 is 5.97 Å². The minimum atomic E-state index is -1.03. The zero-order valence-corrected chi connectivity index (χ0v) is 13.9. The van der Waals surface area contributed by atoms with E-state index in [1.54, 1.807) is 13.8 Å². The van der Waals surface area contributed by atoms with Gasteiger partial charge in [0.1, 0.15) is 11.5 Å². The first-order chi connectivity index (χ1) is 9.88. The second-order valence-electron chi connectivity index (χ2n) is 6.65. The highest BCUT2D eigenvalue weighted by atomic mass is 79.9. The van der Waals surface area contributed by atoms with Crippen LogP contribution in [0.5, 0.6) is 0 Å². The van der Waals surface area contributed by atoms with Crippen LogP contribution < -0.4 is 0 Å². The number of ether oxygens (including phenoxy) is 1. The Labute approximate surface area is 133 Å². The molecule has 1 aliphatic carbocycles. The highest BCUT2D eigenvalue weighted by Crippen LogP contribution is 2.56. The largest absolute Gasteiger partial charge is 0.456 e. The van der Waals surface area contributed by atoms with Crippen LogP contribution in [0.15, 0.2) is 28.7 Å². The van der Waals surface area contributed by atoms with Crippen LogP contribution in [0.2, 0.25) is 0 Å². The number of carbonyl (C=O) groups is 2. The van der Waals surface area contributed by atoms with Gasteiger partial charge in [0.25, 0.3) is 0 Å². The zero-order valence-electron chi connectivity index (χ0n) is 12.3. The standard InChI is InChI=1S/C17H19BrO3/c1-16(2)14(19)17(9-3-4-10-17)13(21-15(16)20)11-5-7-12(18)8-6-11/h5-8,13H,3-4,9-10H2,1-2H3/t13-/m1/s1. The molecule has 3 nitrogen and oxygen atoms in total. The smallest absolute Gasteiger partial charge is 0.319 e. The number of cyclic esters (lactones) is 1. The first-order valence-electron chi connectivity index (χ1n) is 7.39. The third-order valence-corrected chi connectivity index (χ3v) is 5.45. The van der Waals surface area contributed by atoms with Crippen molar-refractivity contribution >= 4 is 27.7 Å². The Bertz CT molecular complexity index is 583. The lowest BCUT2D eigenvalue weighted by molar-refractivity contribution is -0.189. The number of benzene rings is 1. The molecule has 21 heavy (non-hydrogen) atoms. The molecule has 1 saturated carbocycles. The molecule has 3 rings (SSSR count). The van der Waals surface area contributed by atoms with Gasteiger partial charge in [0.15, 0.2) is 5.78 Å². The fraction of sp³-hybridized carbons (Fsp3) is 0.529. The molecular formula is C17H19BrO3. The summed E-state index contributed by atoms with van der Waals surface area (Å²) in [4.78, 5) is 25.3. The zero-order chi connectivity index (χ0) is 15.3. The van der Waals surface area contributed by atoms with E-state index in [4.69, 9.17) is 4.74 Å². The molecule has 2 fully saturated rings. The van der Waals surface area contributed by atoms with Crippen molar-refractivity contribution in [2.24, 2.45) is 10.8 Å². The van der Waals surface area contributed by atoms with E-state index in [1.165, 1.54) is 0 Å². The van der Waals surface area contributed by atoms with Gasteiger partial charge in [0, 0.05) is 4.47 Å². The topological polar surface area (TPSA) is 43.4 Å². The summed E-state index contributed by atoms with van der Waals surface area (Å²) in [7, 11) is 0. The van der Waals surface area contributed by atoms with Gasteiger partial charge < -0.3 is 4.74 Å². The first-order valence-corrected chi connectivity index (χ1v) is 8.19. The van der Waals surface area contributed by atoms with Gasteiger partial charge in [-0.05, 0) is 44.4 Å². The molecular weight excluding hydrogens is 332 g/mol. The summed E-state index contributed by atoms with van der Waals surface area (Å²) in [5.41, 5.74) is -0.654. The highest BCUT2D eigenvalue weighted by molar-refractivity contribution is 9.10. The van der Waals surface area contributed by atoms with Crippen molar-refractivity contribution in [1.29, 1.82) is 0 Å². The molecule has 1 aromatic rings. The maximum Gasteiger partial charge on any atom is 0.319 e. The molecule has 1 aliphatic heterocycles. The van der Waals surface area contributed by atoms with E-state index in [2.05, 4.69) is 15.9 Å². The van der Waals surface area contributed by atoms with Gasteiger partial charge in [-0.2, -0.15) is 0 Å². The Hall–Kier alpha value is -1.16. The molecule has 1 saturated heterocycles. The number of ketones is 1. The summed E-state index contributed by atoms with van der Waals surface area (Å²) < 4.78 is 6.73. The molecule has 1 aromatic carbocycles. The molecule has 2 aliphatic rings. The minimum Gasteiger partial charge on any atom is -0.456 e. The van der Waals surface area contributed by atoms with Crippen LogP contribution in [0.1, 0.15) is 51.2 Å². The number of hydrogen-bond donors (Lipinski definition) is 0. The summed E-state index contributed by atoms with van der Waals surface area (Å²) in [6.07, 6.45) is 3.21. The Morgan fingerprint density at radius 1 is 1.10 bits per heavy atom. The molecule has 1 spiro atoms. The molecule has 0 amide bonds. The van der Waals surface area contributed by atoms with Crippen molar-refractivity contribution in [3.8, 4) is 0 Å². The van der Waals surface area contributed by atoms with Crippen LogP contribution in [0.4, 0.5) is 0 Å². The summed E-state index contributed by atoms with van der Waals surface area (Å²) in [6, 6.07) is 7.73. The van der Waals surface area contributed by atoms with E-state index in [0.717, 1.165) is 35.7 Å². The van der Waals surface area contributed by atoms with E-state index in [-0.39, 0.29) is 5.78 Å². The average molecular weight is 351 g/mol. The summed E-state index contributed by atoms with van der Waals surface area (Å²) >= 11 is 3.41. The Morgan fingerprint density at radius 2 is 1.67 bits per heavy atom. The Morgan fingerprint density at radius 3 is 2.24 bits per heavy atom. The predicted molar refractivity (Wildman–Crippen MR) is 82.7 cm³/mol. The second-order valence-corrected chi connectivity index (χ2v) is 7.57. The van der Waals surface area contributed by atoms with Crippen molar-refractivity contribution in [1.82, 2.24) is 0 Å². The maximum atomic E-state index is 13.0. The van der Waals surface area contributed by atoms with Crippen molar-refractivity contribution in [3.05, 3.63) is 34.3 Å². The lowest BCUT2D eigenvalue weighted by Crippen LogP contribution is -2.53. The molecule has 4 heteroatoms. The molecule has 1 heterocycles. The number of esters is 1. The molecule has 112 valence electrons. The van der Waals surface area contributed by atoms with Crippen molar-refractivity contribution in [2.45, 2.75) is 45.6 Å². The Balaban J connectivity index is 2.08. The number of carbonyl (C=O) groups excluding carboxylic acids is 2. The Kier molecular flexibility index (Phi) is 3.47. The van der Waals surface area contributed by atoms with Crippen molar-refractivity contribution in [3.63, 3.8) is 0 Å². The van der Waals surface area contributed by atoms with Crippen molar-refractivity contribution in [2.75, 3.05) is 0 Å². The summed E-state index contributed by atoms with van der Waals surface area (Å²) in [5, 5.41) is 0. The van der Waals surface area contributed by atoms with Gasteiger partial charge in [-0.1, -0.05) is 40.9 Å². The van der Waals surface area contributed by atoms with E-state index >= 15 is 0 Å². The van der Waals surface area contributed by atoms with E-state index < -0.39 is 22.9 Å². The molecule has 0 radical (unpaired) electrons. The number of rotatable bonds is 1. The monoisotopic (exact) mass is 350 g/mol. The first kappa shape index (κ1) is 14.8. The van der Waals surface area contributed by atoms with Gasteiger partial charge in [0.2, 0.25) is 0 Å². The minimum absolute atomic E-state index is 0.0525. The fourth-order valence-electron chi connectivity index (χ4n) is 3.72. The number of hydrogen-bond acceptors (Lipinski definition) is 3. The normalized spacial score (nSPS) is 26.9. The number of Topliss-reactive ketones (excluding diaryl/α,β-unsaturated/α-hetero) is 1. The van der Waals surface area contributed by atoms with Crippen LogP contribution >= 0.6 is 15.9 Å². The second kappa shape index (κ2) is 4.94. The van der Waals surface area contributed by atoms with Crippen LogP contribution in [0.3, 0.4) is 0 Å². The third kappa shape index (κ3) is 2.15. The summed E-state index contributed by atoms with van der Waals surface area (Å²) in [6.45, 7) is 3.38. The predicted octanol–water partition coefficient (Wildman–Crippen LogP) is 4.20. The fourth-order valence-corrected chi connectivity index (χ4v) is 3.99. The molecule has 0 unspecified atom stereocenters. The quantitative estimate of drug-likeness (QED) is 0.563. The van der Waals surface area contributed by atoms with Crippen LogP contribution in [-0.2, 0) is 14.3 Å². The van der Waals surface area contributed by atoms with Gasteiger partial charge in [-0.3, -0.25) is 9.59 Å². The van der Waals surface area contributed by atoms with Gasteiger partial charge in [0.05, 0.1) is 5.41 Å². The van der Waals surface area contributed by atoms with E-state index in [9.17, 15) is 9.59 Å². The van der Waals surface area contributed by atoms with E-state index in [1.807, 2.05) is 24.3 Å². The van der Waals surface area contributed by atoms with E-state index in [0.29, 0.717) is 0 Å². The van der Waals surface area contributed by atoms with Crippen molar-refractivity contribution < 1.29 is 14.3 Å². The lowest BCUT2D eigenvalue weighted by atomic mass is 9.64. The maximum absolute atomic E-state index is 13.0. The van der Waals surface area contributed by atoms with Gasteiger partial charge in [-0.25, -0.2) is 0 Å². The SMILES string of the molecule is CC1(C)C(=O)O[C@H](c2ccc(Br)cc2)C2(CCCC2)C1=O. The van der Waals surface area contributed by atoms with Crippen LogP contribution in [0, 0.1) is 10.8 Å². The molecule has 0 N–H and O–H groups in total. The molecule has 1 atom stereocenters. The van der Waals surface area contributed by atoms with Crippen LogP contribution in [-0.4, -0.2) is 11.8 Å².